The van der Waals surface area contributed by atoms with Crippen LogP contribution in [0.5, 0.6) is 0 Å². The first-order chi connectivity index (χ1) is 5.88. The Hall–Kier alpha value is -0.510. The summed E-state index contributed by atoms with van der Waals surface area (Å²) in [5, 5.41) is 8.86. The lowest BCUT2D eigenvalue weighted by Gasteiger charge is -2.23. The van der Waals surface area contributed by atoms with Gasteiger partial charge in [0.1, 0.15) is 0 Å². The van der Waals surface area contributed by atoms with Crippen LogP contribution in [-0.2, 0) is 0 Å². The highest BCUT2D eigenvalue weighted by Gasteiger charge is 2.51. The lowest BCUT2D eigenvalue weighted by molar-refractivity contribution is 0.259. The van der Waals surface area contributed by atoms with Crippen molar-refractivity contribution >= 4 is 0 Å². The maximum Gasteiger partial charge on any atom is 0.0656 e. The molecule has 0 radical (unpaired) electrons. The van der Waals surface area contributed by atoms with E-state index in [1.165, 1.54) is 32.1 Å². The highest BCUT2D eigenvalue weighted by molar-refractivity contribution is 5.05. The molecule has 0 aromatic heterocycles. The Morgan fingerprint density at radius 2 is 1.50 bits per heavy atom. The highest BCUT2D eigenvalue weighted by atomic mass is 14.6. The Labute approximate surface area is 73.8 Å². The first-order valence-electron chi connectivity index (χ1n) is 5.28. The van der Waals surface area contributed by atoms with Crippen molar-refractivity contribution in [1.82, 2.24) is 0 Å². The molecule has 0 spiro atoms. The van der Waals surface area contributed by atoms with E-state index in [1.807, 2.05) is 0 Å². The van der Waals surface area contributed by atoms with Crippen LogP contribution in [0.1, 0.15) is 32.1 Å². The summed E-state index contributed by atoms with van der Waals surface area (Å²) in [6, 6.07) is 2.46. The molecule has 0 aliphatic heterocycles. The second-order valence-corrected chi connectivity index (χ2v) is 4.96. The molecule has 0 N–H and O–H groups in total. The minimum Gasteiger partial charge on any atom is -0.198 e. The Balaban J connectivity index is 1.84. The van der Waals surface area contributed by atoms with Crippen molar-refractivity contribution in [3.05, 3.63) is 0 Å². The molecule has 0 heterocycles. The van der Waals surface area contributed by atoms with Crippen molar-refractivity contribution in [1.29, 1.82) is 5.26 Å². The fourth-order valence-corrected chi connectivity index (χ4v) is 4.12. The van der Waals surface area contributed by atoms with Gasteiger partial charge in [0.15, 0.2) is 0 Å². The van der Waals surface area contributed by atoms with Gasteiger partial charge in [-0.05, 0) is 55.8 Å². The monoisotopic (exact) mass is 161 g/mol. The number of hydrogen-bond donors (Lipinski definition) is 0. The van der Waals surface area contributed by atoms with Gasteiger partial charge in [-0.3, -0.25) is 0 Å². The molecule has 0 saturated heterocycles. The molecule has 3 saturated carbocycles. The lowest BCUT2D eigenvalue weighted by Crippen LogP contribution is -2.15. The maximum absolute atomic E-state index is 8.86. The summed E-state index contributed by atoms with van der Waals surface area (Å²) in [4.78, 5) is 0. The summed E-state index contributed by atoms with van der Waals surface area (Å²) in [6.07, 6.45) is 6.94. The third-order valence-corrected chi connectivity index (χ3v) is 4.57. The molecule has 64 valence electrons. The van der Waals surface area contributed by atoms with Crippen molar-refractivity contribution in [3.8, 4) is 6.07 Å². The zero-order valence-corrected chi connectivity index (χ0v) is 7.37. The van der Waals surface area contributed by atoms with Gasteiger partial charge in [-0.25, -0.2) is 0 Å². The van der Waals surface area contributed by atoms with Crippen molar-refractivity contribution in [2.45, 2.75) is 32.1 Å². The summed E-state index contributed by atoms with van der Waals surface area (Å²) in [5.41, 5.74) is 0. The third kappa shape index (κ3) is 0.736. The van der Waals surface area contributed by atoms with E-state index >= 15 is 0 Å². The molecular formula is C11H15N. The zero-order chi connectivity index (χ0) is 8.13. The normalized spacial score (nSPS) is 55.4. The molecule has 0 amide bonds. The van der Waals surface area contributed by atoms with Gasteiger partial charge in [0, 0.05) is 5.92 Å². The van der Waals surface area contributed by atoms with E-state index in [4.69, 9.17) is 5.26 Å². The molecule has 3 aliphatic carbocycles. The molecule has 1 heteroatoms. The van der Waals surface area contributed by atoms with Gasteiger partial charge < -0.3 is 0 Å². The fourth-order valence-electron chi connectivity index (χ4n) is 4.12. The molecule has 0 aromatic carbocycles. The van der Waals surface area contributed by atoms with Crippen LogP contribution < -0.4 is 0 Å². The Bertz CT molecular complexity index is 222. The van der Waals surface area contributed by atoms with Crippen molar-refractivity contribution in [2.75, 3.05) is 0 Å². The van der Waals surface area contributed by atoms with Crippen LogP contribution in [-0.4, -0.2) is 0 Å². The van der Waals surface area contributed by atoms with E-state index in [-0.39, 0.29) is 0 Å². The number of nitriles is 1. The maximum atomic E-state index is 8.86. The molecule has 12 heavy (non-hydrogen) atoms. The second kappa shape index (κ2) is 2.25. The van der Waals surface area contributed by atoms with Crippen molar-refractivity contribution < 1.29 is 0 Å². The van der Waals surface area contributed by atoms with Crippen molar-refractivity contribution in [3.63, 3.8) is 0 Å². The second-order valence-electron chi connectivity index (χ2n) is 4.96. The third-order valence-electron chi connectivity index (χ3n) is 4.57. The van der Waals surface area contributed by atoms with Gasteiger partial charge in [0.2, 0.25) is 0 Å². The minimum atomic E-state index is 0.420. The summed E-state index contributed by atoms with van der Waals surface area (Å²) in [7, 11) is 0. The molecule has 3 rings (SSSR count). The predicted molar refractivity (Wildman–Crippen MR) is 46.1 cm³/mol. The van der Waals surface area contributed by atoms with E-state index < -0.39 is 0 Å². The quantitative estimate of drug-likeness (QED) is 0.535. The van der Waals surface area contributed by atoms with Gasteiger partial charge in [-0.15, -0.1) is 0 Å². The van der Waals surface area contributed by atoms with E-state index in [2.05, 4.69) is 6.07 Å². The summed E-state index contributed by atoms with van der Waals surface area (Å²) in [6.45, 7) is 0. The fraction of sp³-hybridized carbons (Fsp3) is 0.909. The molecule has 0 aromatic rings. The lowest BCUT2D eigenvalue weighted by atomic mass is 9.82. The van der Waals surface area contributed by atoms with Crippen LogP contribution in [0.15, 0.2) is 0 Å². The standard InChI is InChI=1S/C11H15N/c12-6-7-3-10-8-1-2-9(5-8)11(10)4-7/h7-11H,1-5H2. The van der Waals surface area contributed by atoms with Gasteiger partial charge in [-0.1, -0.05) is 0 Å². The molecular weight excluding hydrogens is 146 g/mol. The summed E-state index contributed by atoms with van der Waals surface area (Å²) < 4.78 is 0. The number of nitrogens with zero attached hydrogens (tertiary/aromatic N) is 1. The zero-order valence-electron chi connectivity index (χ0n) is 7.37. The predicted octanol–water partition coefficient (Wildman–Crippen LogP) is 2.58. The number of rotatable bonds is 0. The van der Waals surface area contributed by atoms with E-state index in [9.17, 15) is 0 Å². The Morgan fingerprint density at radius 3 is 2.00 bits per heavy atom. The van der Waals surface area contributed by atoms with Crippen LogP contribution in [0.3, 0.4) is 0 Å². The SMILES string of the molecule is N#CC1CC2C3CCC(C3)C2C1. The van der Waals surface area contributed by atoms with Crippen LogP contribution in [0.4, 0.5) is 0 Å². The molecule has 2 bridgehead atoms. The van der Waals surface area contributed by atoms with Crippen LogP contribution in [0.2, 0.25) is 0 Å². The molecule has 4 unspecified atom stereocenters. The Morgan fingerprint density at radius 1 is 0.917 bits per heavy atom. The average molecular weight is 161 g/mol. The highest BCUT2D eigenvalue weighted by Crippen LogP contribution is 2.59. The number of fused-ring (bicyclic) bond motifs is 5. The van der Waals surface area contributed by atoms with Crippen LogP contribution >= 0.6 is 0 Å². The summed E-state index contributed by atoms with van der Waals surface area (Å²) in [5.74, 6) is 4.40. The van der Waals surface area contributed by atoms with Gasteiger partial charge in [-0.2, -0.15) is 5.26 Å². The molecule has 3 aliphatic rings. The minimum absolute atomic E-state index is 0.420. The van der Waals surface area contributed by atoms with Crippen molar-refractivity contribution in [2.24, 2.45) is 29.6 Å². The van der Waals surface area contributed by atoms with Gasteiger partial charge >= 0.3 is 0 Å². The van der Waals surface area contributed by atoms with E-state index in [0.29, 0.717) is 5.92 Å². The topological polar surface area (TPSA) is 23.8 Å². The smallest absolute Gasteiger partial charge is 0.0656 e. The first kappa shape index (κ1) is 6.95. The van der Waals surface area contributed by atoms with Gasteiger partial charge in [0.05, 0.1) is 6.07 Å². The molecule has 3 fully saturated rings. The molecule has 4 atom stereocenters. The van der Waals surface area contributed by atoms with Crippen LogP contribution in [0, 0.1) is 40.9 Å². The van der Waals surface area contributed by atoms with E-state index in [0.717, 1.165) is 23.7 Å². The van der Waals surface area contributed by atoms with Gasteiger partial charge in [0.25, 0.3) is 0 Å². The largest absolute Gasteiger partial charge is 0.198 e. The Kier molecular flexibility index (Phi) is 1.30. The summed E-state index contributed by atoms with van der Waals surface area (Å²) >= 11 is 0. The molecule has 1 nitrogen and oxygen atoms in total. The average Bonchev–Trinajstić information content (AvgIpc) is 2.75. The number of hydrogen-bond acceptors (Lipinski definition) is 1. The first-order valence-corrected chi connectivity index (χ1v) is 5.28. The van der Waals surface area contributed by atoms with Crippen LogP contribution in [0.25, 0.3) is 0 Å². The van der Waals surface area contributed by atoms with E-state index in [1.54, 1.807) is 0 Å².